The maximum atomic E-state index is 11.7. The Morgan fingerprint density at radius 2 is 1.75 bits per heavy atom. The van der Waals surface area contributed by atoms with E-state index in [0.29, 0.717) is 27.1 Å². The van der Waals surface area contributed by atoms with Crippen molar-refractivity contribution >= 4 is 44.6 Å². The first-order valence-corrected chi connectivity index (χ1v) is 12.6. The fourth-order valence-electron chi connectivity index (χ4n) is 3.14. The maximum Gasteiger partial charge on any atom is 0.238 e. The number of nitrogens with two attached hydrogens (primary N) is 1. The van der Waals surface area contributed by atoms with Crippen LogP contribution in [0.2, 0.25) is 10.0 Å². The first-order chi connectivity index (χ1) is 14.9. The van der Waals surface area contributed by atoms with E-state index in [4.69, 9.17) is 28.3 Å². The number of halogens is 2. The van der Waals surface area contributed by atoms with Crippen molar-refractivity contribution in [2.45, 2.75) is 24.3 Å². The van der Waals surface area contributed by atoms with Crippen molar-refractivity contribution in [2.75, 3.05) is 0 Å². The summed E-state index contributed by atoms with van der Waals surface area (Å²) in [7, 11) is -3.81. The van der Waals surface area contributed by atoms with Crippen LogP contribution >= 0.6 is 34.5 Å². The molecule has 4 rings (SSSR count). The highest BCUT2D eigenvalue weighted by molar-refractivity contribution is 7.89. The van der Waals surface area contributed by atoms with E-state index < -0.39 is 15.6 Å². The van der Waals surface area contributed by atoms with Gasteiger partial charge in [-0.1, -0.05) is 35.3 Å². The van der Waals surface area contributed by atoms with Crippen LogP contribution in [0.1, 0.15) is 19.5 Å². The molecule has 0 bridgehead atoms. The third-order valence-corrected chi connectivity index (χ3v) is 7.40. The lowest BCUT2D eigenvalue weighted by atomic mass is 10.1. The van der Waals surface area contributed by atoms with Crippen molar-refractivity contribution in [1.82, 2.24) is 9.78 Å². The summed E-state index contributed by atoms with van der Waals surface area (Å²) in [6, 6.07) is 17.1. The quantitative estimate of drug-likeness (QED) is 0.375. The summed E-state index contributed by atoms with van der Waals surface area (Å²) in [6.07, 6.45) is 0. The highest BCUT2D eigenvalue weighted by atomic mass is 35.5. The zero-order valence-corrected chi connectivity index (χ0v) is 20.2. The Morgan fingerprint density at radius 3 is 2.44 bits per heavy atom. The fraction of sp³-hybridized carbons (Fsp3) is 0.136. The molecule has 0 amide bonds. The number of hydrogen-bond donors (Lipinski definition) is 2. The number of thiophene rings is 1. The van der Waals surface area contributed by atoms with Gasteiger partial charge in [0.25, 0.3) is 0 Å². The predicted octanol–water partition coefficient (Wildman–Crippen LogP) is 5.45. The van der Waals surface area contributed by atoms with Gasteiger partial charge in [0.05, 0.1) is 31.9 Å². The molecule has 0 aliphatic rings. The molecule has 0 unspecified atom stereocenters. The lowest BCUT2D eigenvalue weighted by Gasteiger charge is -2.13. The van der Waals surface area contributed by atoms with Gasteiger partial charge in [0.2, 0.25) is 10.0 Å². The monoisotopic (exact) mass is 507 g/mol. The van der Waals surface area contributed by atoms with Crippen molar-refractivity contribution in [3.05, 3.63) is 76.4 Å². The summed E-state index contributed by atoms with van der Waals surface area (Å²) in [5.41, 5.74) is 1.31. The SMILES string of the molecule is CC(C)(O)c1cc(-c2ccc(-c3cccc(S(N)(=O)=O)c3)s2)n(-c2cc(Cl)ccc2Cl)n1. The number of benzene rings is 2. The molecule has 3 N–H and O–H groups in total. The molecule has 0 radical (unpaired) electrons. The smallest absolute Gasteiger partial charge is 0.238 e. The lowest BCUT2D eigenvalue weighted by Crippen LogP contribution is -2.16. The van der Waals surface area contributed by atoms with E-state index in [1.54, 1.807) is 54.9 Å². The van der Waals surface area contributed by atoms with Gasteiger partial charge >= 0.3 is 0 Å². The van der Waals surface area contributed by atoms with Gasteiger partial charge in [0.15, 0.2) is 0 Å². The van der Waals surface area contributed by atoms with E-state index in [9.17, 15) is 13.5 Å². The Hall–Kier alpha value is -2.20. The average Bonchev–Trinajstić information content (AvgIpc) is 3.36. The Balaban J connectivity index is 1.86. The van der Waals surface area contributed by atoms with Crippen LogP contribution in [0.3, 0.4) is 0 Å². The van der Waals surface area contributed by atoms with Crippen molar-refractivity contribution in [3.63, 3.8) is 0 Å². The molecule has 0 spiro atoms. The molecule has 0 aliphatic heterocycles. The van der Waals surface area contributed by atoms with E-state index in [0.717, 1.165) is 15.3 Å². The van der Waals surface area contributed by atoms with Gasteiger partial charge in [0.1, 0.15) is 5.60 Å². The summed E-state index contributed by atoms with van der Waals surface area (Å²) >= 11 is 14.1. The minimum absolute atomic E-state index is 0.0463. The molecule has 0 fully saturated rings. The standard InChI is InChI=1S/C22H19Cl2N3O3S2/c1-22(2,28)21-12-18(27(26-21)17-11-14(23)6-7-16(17)24)20-9-8-19(31-20)13-4-3-5-15(10-13)32(25,29)30/h3-12,28H,1-2H3,(H2,25,29,30). The van der Waals surface area contributed by atoms with Crippen LogP contribution < -0.4 is 5.14 Å². The maximum absolute atomic E-state index is 11.7. The van der Waals surface area contributed by atoms with Gasteiger partial charge in [-0.05, 0) is 67.9 Å². The number of hydrogen-bond acceptors (Lipinski definition) is 5. The van der Waals surface area contributed by atoms with Crippen LogP contribution in [0.25, 0.3) is 26.7 Å². The summed E-state index contributed by atoms with van der Waals surface area (Å²) in [5, 5.41) is 21.4. The molecule has 0 saturated heterocycles. The predicted molar refractivity (Wildman–Crippen MR) is 129 cm³/mol. The number of rotatable bonds is 5. The number of primary sulfonamides is 1. The number of aromatic nitrogens is 2. The largest absolute Gasteiger partial charge is 0.384 e. The third-order valence-electron chi connectivity index (χ3n) is 4.78. The van der Waals surface area contributed by atoms with Gasteiger partial charge in [-0.2, -0.15) is 5.10 Å². The highest BCUT2D eigenvalue weighted by Crippen LogP contribution is 2.38. The topological polar surface area (TPSA) is 98.2 Å². The second kappa shape index (κ2) is 8.30. The van der Waals surface area contributed by atoms with Crippen LogP contribution in [-0.4, -0.2) is 23.3 Å². The van der Waals surface area contributed by atoms with Crippen molar-refractivity contribution in [2.24, 2.45) is 5.14 Å². The average molecular weight is 508 g/mol. The first-order valence-electron chi connectivity index (χ1n) is 9.45. The number of aliphatic hydroxyl groups is 1. The second-order valence-electron chi connectivity index (χ2n) is 7.72. The second-order valence-corrected chi connectivity index (χ2v) is 11.2. The number of nitrogens with zero attached hydrogens (tertiary/aromatic N) is 2. The Labute approximate surface area is 199 Å². The van der Waals surface area contributed by atoms with E-state index in [1.807, 2.05) is 18.2 Å². The summed E-state index contributed by atoms with van der Waals surface area (Å²) in [4.78, 5) is 1.74. The van der Waals surface area contributed by atoms with E-state index >= 15 is 0 Å². The van der Waals surface area contributed by atoms with Crippen LogP contribution in [-0.2, 0) is 15.6 Å². The zero-order valence-electron chi connectivity index (χ0n) is 17.1. The van der Waals surface area contributed by atoms with Gasteiger partial charge in [-0.15, -0.1) is 11.3 Å². The molecule has 6 nitrogen and oxygen atoms in total. The molecule has 0 atom stereocenters. The molecule has 32 heavy (non-hydrogen) atoms. The normalized spacial score (nSPS) is 12.3. The molecule has 0 saturated carbocycles. The summed E-state index contributed by atoms with van der Waals surface area (Å²) < 4.78 is 25.1. The summed E-state index contributed by atoms with van der Waals surface area (Å²) in [6.45, 7) is 3.31. The van der Waals surface area contributed by atoms with Crippen molar-refractivity contribution < 1.29 is 13.5 Å². The van der Waals surface area contributed by atoms with Crippen LogP contribution in [0.15, 0.2) is 65.6 Å². The van der Waals surface area contributed by atoms with Gasteiger partial charge in [0, 0.05) is 9.90 Å². The number of sulfonamides is 1. The molecule has 4 aromatic rings. The molecule has 2 aromatic carbocycles. The molecule has 0 aliphatic carbocycles. The third kappa shape index (κ3) is 4.61. The Bertz CT molecular complexity index is 1420. The van der Waals surface area contributed by atoms with Crippen molar-refractivity contribution in [1.29, 1.82) is 0 Å². The van der Waals surface area contributed by atoms with Crippen LogP contribution in [0.5, 0.6) is 0 Å². The van der Waals surface area contributed by atoms with Crippen molar-refractivity contribution in [3.8, 4) is 26.7 Å². The van der Waals surface area contributed by atoms with E-state index in [2.05, 4.69) is 5.10 Å². The molecular formula is C22H19Cl2N3O3S2. The molecular weight excluding hydrogens is 489 g/mol. The zero-order chi connectivity index (χ0) is 23.3. The molecule has 2 heterocycles. The summed E-state index contributed by atoms with van der Waals surface area (Å²) in [5.74, 6) is 0. The minimum Gasteiger partial charge on any atom is -0.384 e. The molecule has 10 heteroatoms. The van der Waals surface area contributed by atoms with E-state index in [1.165, 1.54) is 17.4 Å². The fourth-order valence-corrected chi connectivity index (χ4v) is 5.07. The Kier molecular flexibility index (Phi) is 5.96. The molecule has 2 aromatic heterocycles. The first kappa shape index (κ1) is 23.0. The highest BCUT2D eigenvalue weighted by Gasteiger charge is 2.24. The van der Waals surface area contributed by atoms with E-state index in [-0.39, 0.29) is 4.90 Å². The lowest BCUT2D eigenvalue weighted by molar-refractivity contribution is 0.0734. The molecule has 166 valence electrons. The van der Waals surface area contributed by atoms with Crippen LogP contribution in [0, 0.1) is 0 Å². The van der Waals surface area contributed by atoms with Gasteiger partial charge in [-0.25, -0.2) is 18.2 Å². The van der Waals surface area contributed by atoms with Crippen LogP contribution in [0.4, 0.5) is 0 Å². The van der Waals surface area contributed by atoms with Gasteiger partial charge in [-0.3, -0.25) is 0 Å². The Morgan fingerprint density at radius 1 is 1.03 bits per heavy atom. The minimum atomic E-state index is -3.81. The van der Waals surface area contributed by atoms with Gasteiger partial charge < -0.3 is 5.11 Å².